The van der Waals surface area contributed by atoms with E-state index in [1.807, 2.05) is 23.8 Å². The monoisotopic (exact) mass is 376 g/mol. The SMILES string of the molecule is CCCCn1c(=O)[nH]c(=O)c2c1nc(COC(=O)Cc1ccsc1)n2C. The lowest BCUT2D eigenvalue weighted by atomic mass is 10.2. The summed E-state index contributed by atoms with van der Waals surface area (Å²) in [6.45, 7) is 2.43. The normalized spacial score (nSPS) is 11.2. The number of thiophene rings is 1. The maximum absolute atomic E-state index is 12.2. The van der Waals surface area contributed by atoms with E-state index in [9.17, 15) is 14.4 Å². The number of fused-ring (bicyclic) bond motifs is 1. The number of nitrogens with one attached hydrogen (secondary N) is 1. The highest BCUT2D eigenvalue weighted by Gasteiger charge is 2.17. The van der Waals surface area contributed by atoms with Crippen LogP contribution in [0.3, 0.4) is 0 Å². The molecule has 0 atom stereocenters. The molecular weight excluding hydrogens is 356 g/mol. The Morgan fingerprint density at radius 1 is 1.38 bits per heavy atom. The minimum absolute atomic E-state index is 0.0600. The summed E-state index contributed by atoms with van der Waals surface area (Å²) >= 11 is 1.52. The van der Waals surface area contributed by atoms with Crippen LogP contribution in [0.2, 0.25) is 0 Å². The van der Waals surface area contributed by atoms with Crippen molar-refractivity contribution in [3.05, 3.63) is 49.1 Å². The highest BCUT2D eigenvalue weighted by Crippen LogP contribution is 2.12. The first-order valence-electron chi connectivity index (χ1n) is 8.36. The first-order chi connectivity index (χ1) is 12.5. The van der Waals surface area contributed by atoms with Crippen LogP contribution in [0.15, 0.2) is 26.4 Å². The fraction of sp³-hybridized carbons (Fsp3) is 0.412. The highest BCUT2D eigenvalue weighted by molar-refractivity contribution is 7.07. The Morgan fingerprint density at radius 3 is 2.88 bits per heavy atom. The first-order valence-corrected chi connectivity index (χ1v) is 9.30. The Morgan fingerprint density at radius 2 is 2.19 bits per heavy atom. The molecule has 3 aromatic rings. The molecule has 9 heteroatoms. The third-order valence-corrected chi connectivity index (χ3v) is 4.86. The van der Waals surface area contributed by atoms with Gasteiger partial charge in [-0.25, -0.2) is 9.78 Å². The molecule has 0 amide bonds. The third-order valence-electron chi connectivity index (χ3n) is 4.13. The van der Waals surface area contributed by atoms with Gasteiger partial charge < -0.3 is 9.30 Å². The van der Waals surface area contributed by atoms with Crippen molar-refractivity contribution in [2.24, 2.45) is 7.05 Å². The van der Waals surface area contributed by atoms with Crippen LogP contribution < -0.4 is 11.2 Å². The highest BCUT2D eigenvalue weighted by atomic mass is 32.1. The van der Waals surface area contributed by atoms with Crippen LogP contribution >= 0.6 is 11.3 Å². The molecule has 0 saturated carbocycles. The van der Waals surface area contributed by atoms with E-state index in [4.69, 9.17) is 4.74 Å². The van der Waals surface area contributed by atoms with Gasteiger partial charge in [0.05, 0.1) is 6.42 Å². The molecule has 0 aliphatic rings. The number of rotatable bonds is 7. The van der Waals surface area contributed by atoms with Crippen molar-refractivity contribution < 1.29 is 9.53 Å². The molecule has 0 spiro atoms. The van der Waals surface area contributed by atoms with E-state index in [1.54, 1.807) is 11.6 Å². The van der Waals surface area contributed by atoms with Crippen molar-refractivity contribution in [3.63, 3.8) is 0 Å². The molecule has 0 bridgehead atoms. The van der Waals surface area contributed by atoms with Gasteiger partial charge in [-0.2, -0.15) is 11.3 Å². The van der Waals surface area contributed by atoms with Gasteiger partial charge in [0.15, 0.2) is 11.2 Å². The Hall–Kier alpha value is -2.68. The molecule has 0 saturated heterocycles. The van der Waals surface area contributed by atoms with Crippen LogP contribution in [-0.2, 0) is 36.2 Å². The molecule has 0 aliphatic carbocycles. The lowest BCUT2D eigenvalue weighted by Crippen LogP contribution is -2.31. The topological polar surface area (TPSA) is 99.0 Å². The summed E-state index contributed by atoms with van der Waals surface area (Å²) in [5.41, 5.74) is 0.539. The molecule has 3 heterocycles. The number of carbonyl (C=O) groups is 1. The van der Waals surface area contributed by atoms with Gasteiger partial charge in [0.2, 0.25) is 0 Å². The molecule has 0 radical (unpaired) electrons. The van der Waals surface area contributed by atoms with E-state index in [1.165, 1.54) is 15.9 Å². The molecule has 3 rings (SSSR count). The van der Waals surface area contributed by atoms with Crippen molar-refractivity contribution in [2.75, 3.05) is 0 Å². The number of hydrogen-bond donors (Lipinski definition) is 1. The quantitative estimate of drug-likeness (QED) is 0.631. The van der Waals surface area contributed by atoms with E-state index in [-0.39, 0.29) is 19.0 Å². The van der Waals surface area contributed by atoms with Crippen molar-refractivity contribution in [1.29, 1.82) is 0 Å². The lowest BCUT2D eigenvalue weighted by Gasteiger charge is -2.05. The summed E-state index contributed by atoms with van der Waals surface area (Å²) in [5, 5.41) is 3.79. The zero-order valence-corrected chi connectivity index (χ0v) is 15.5. The van der Waals surface area contributed by atoms with Gasteiger partial charge >= 0.3 is 11.7 Å². The second kappa shape index (κ2) is 7.69. The number of aromatic amines is 1. The minimum Gasteiger partial charge on any atom is -0.457 e. The fourth-order valence-corrected chi connectivity index (χ4v) is 3.37. The number of imidazole rings is 1. The Balaban J connectivity index is 1.86. The van der Waals surface area contributed by atoms with E-state index in [2.05, 4.69) is 9.97 Å². The second-order valence-electron chi connectivity index (χ2n) is 5.99. The number of unbranched alkanes of at least 4 members (excludes halogenated alkanes) is 1. The third kappa shape index (κ3) is 3.62. The van der Waals surface area contributed by atoms with Gasteiger partial charge in [-0.3, -0.25) is 19.1 Å². The smallest absolute Gasteiger partial charge is 0.330 e. The summed E-state index contributed by atoms with van der Waals surface area (Å²) in [5.74, 6) is 0.0488. The molecule has 138 valence electrons. The van der Waals surface area contributed by atoms with E-state index in [0.29, 0.717) is 23.5 Å². The van der Waals surface area contributed by atoms with Crippen molar-refractivity contribution in [3.8, 4) is 0 Å². The first kappa shape index (κ1) is 18.1. The molecule has 8 nitrogen and oxygen atoms in total. The summed E-state index contributed by atoms with van der Waals surface area (Å²) in [7, 11) is 1.67. The van der Waals surface area contributed by atoms with Crippen molar-refractivity contribution in [2.45, 2.75) is 39.3 Å². The molecule has 26 heavy (non-hydrogen) atoms. The van der Waals surface area contributed by atoms with E-state index >= 15 is 0 Å². The molecule has 0 aliphatic heterocycles. The average Bonchev–Trinajstić information content (AvgIpc) is 3.21. The van der Waals surface area contributed by atoms with Crippen LogP contribution in [0.5, 0.6) is 0 Å². The van der Waals surface area contributed by atoms with Gasteiger partial charge in [0.25, 0.3) is 5.56 Å². The Kier molecular flexibility index (Phi) is 5.36. The largest absolute Gasteiger partial charge is 0.457 e. The van der Waals surface area contributed by atoms with E-state index < -0.39 is 11.2 Å². The van der Waals surface area contributed by atoms with Crippen LogP contribution in [0.4, 0.5) is 0 Å². The van der Waals surface area contributed by atoms with Gasteiger partial charge in [0.1, 0.15) is 12.4 Å². The number of ether oxygens (including phenoxy) is 1. The summed E-state index contributed by atoms with van der Waals surface area (Å²) < 4.78 is 8.30. The molecule has 0 unspecified atom stereocenters. The van der Waals surface area contributed by atoms with Crippen molar-refractivity contribution in [1.82, 2.24) is 19.1 Å². The molecule has 0 aromatic carbocycles. The number of carbonyl (C=O) groups excluding carboxylic acids is 1. The maximum atomic E-state index is 12.2. The van der Waals surface area contributed by atoms with Crippen LogP contribution in [0.25, 0.3) is 11.2 Å². The molecule has 0 fully saturated rings. The Labute approximate surface area is 153 Å². The Bertz CT molecular complexity index is 1030. The van der Waals surface area contributed by atoms with Gasteiger partial charge in [-0.05, 0) is 28.8 Å². The van der Waals surface area contributed by atoms with Crippen LogP contribution in [0.1, 0.15) is 31.2 Å². The minimum atomic E-state index is -0.497. The predicted molar refractivity (Wildman–Crippen MR) is 98.3 cm³/mol. The lowest BCUT2D eigenvalue weighted by molar-refractivity contribution is -0.144. The number of hydrogen-bond acceptors (Lipinski definition) is 6. The van der Waals surface area contributed by atoms with Crippen molar-refractivity contribution >= 4 is 28.5 Å². The summed E-state index contributed by atoms with van der Waals surface area (Å²) in [6.07, 6.45) is 1.89. The van der Waals surface area contributed by atoms with Gasteiger partial charge in [-0.15, -0.1) is 0 Å². The average molecular weight is 376 g/mol. The number of H-pyrrole nitrogens is 1. The predicted octanol–water partition coefficient (Wildman–Crippen LogP) is 1.57. The van der Waals surface area contributed by atoms with Crippen LogP contribution in [-0.4, -0.2) is 25.1 Å². The summed E-state index contributed by atoms with van der Waals surface area (Å²) in [4.78, 5) is 42.9. The number of nitrogens with zero attached hydrogens (tertiary/aromatic N) is 3. The number of esters is 1. The standard InChI is InChI=1S/C17H20N4O4S/c1-3-4-6-21-15-14(16(23)19-17(21)24)20(2)12(18-15)9-25-13(22)8-11-5-7-26-10-11/h5,7,10H,3-4,6,8-9H2,1-2H3,(H,19,23,24). The molecular formula is C17H20N4O4S. The number of aryl methyl sites for hydroxylation is 2. The molecule has 3 aromatic heterocycles. The molecule has 1 N–H and O–H groups in total. The number of aromatic nitrogens is 4. The van der Waals surface area contributed by atoms with Gasteiger partial charge in [0, 0.05) is 13.6 Å². The zero-order chi connectivity index (χ0) is 18.7. The van der Waals surface area contributed by atoms with Gasteiger partial charge in [-0.1, -0.05) is 13.3 Å². The maximum Gasteiger partial charge on any atom is 0.330 e. The van der Waals surface area contributed by atoms with E-state index in [0.717, 1.165) is 18.4 Å². The second-order valence-corrected chi connectivity index (χ2v) is 6.77. The summed E-state index contributed by atoms with van der Waals surface area (Å²) in [6, 6.07) is 1.87. The zero-order valence-electron chi connectivity index (χ0n) is 14.7. The fourth-order valence-electron chi connectivity index (χ4n) is 2.70. The van der Waals surface area contributed by atoms with Crippen LogP contribution in [0, 0.1) is 0 Å².